The van der Waals surface area contributed by atoms with Crippen molar-refractivity contribution in [2.45, 2.75) is 50.4 Å². The number of nitrogens with one attached hydrogen (secondary N) is 1. The molecule has 0 radical (unpaired) electrons. The Bertz CT molecular complexity index is 284. The van der Waals surface area contributed by atoms with Gasteiger partial charge in [0, 0.05) is 19.6 Å². The van der Waals surface area contributed by atoms with Gasteiger partial charge in [0.15, 0.2) is 0 Å². The Kier molecular flexibility index (Phi) is 3.63. The number of ether oxygens (including phenoxy) is 1. The molecular formula is C14H26N2O2. The van der Waals surface area contributed by atoms with Gasteiger partial charge in [-0.15, -0.1) is 0 Å². The van der Waals surface area contributed by atoms with Crippen LogP contribution in [-0.4, -0.2) is 60.5 Å². The highest BCUT2D eigenvalue weighted by atomic mass is 16.5. The molecule has 4 nitrogen and oxygen atoms in total. The summed E-state index contributed by atoms with van der Waals surface area (Å²) in [6.45, 7) is 6.42. The van der Waals surface area contributed by atoms with Crippen LogP contribution in [0.15, 0.2) is 0 Å². The van der Waals surface area contributed by atoms with Crippen molar-refractivity contribution in [1.82, 2.24) is 10.2 Å². The van der Waals surface area contributed by atoms with Crippen LogP contribution in [0.25, 0.3) is 0 Å². The lowest BCUT2D eigenvalue weighted by molar-refractivity contribution is -0.0516. The van der Waals surface area contributed by atoms with E-state index in [0.717, 1.165) is 26.2 Å². The number of hydrogen-bond donors (Lipinski definition) is 2. The molecule has 2 bridgehead atoms. The summed E-state index contributed by atoms with van der Waals surface area (Å²) in [4.78, 5) is 2.52. The van der Waals surface area contributed by atoms with Crippen molar-refractivity contribution >= 4 is 0 Å². The van der Waals surface area contributed by atoms with Gasteiger partial charge in [-0.3, -0.25) is 4.90 Å². The quantitative estimate of drug-likeness (QED) is 0.728. The van der Waals surface area contributed by atoms with Crippen LogP contribution in [0.4, 0.5) is 0 Å². The van der Waals surface area contributed by atoms with Crippen molar-refractivity contribution in [2.75, 3.05) is 32.8 Å². The summed E-state index contributed by atoms with van der Waals surface area (Å²) in [5.74, 6) is 0.669. The molecule has 2 heterocycles. The molecular weight excluding hydrogens is 228 g/mol. The number of likely N-dealkylation sites (N-methyl/N-ethyl adjacent to an activating group) is 1. The molecule has 3 atom stereocenters. The lowest BCUT2D eigenvalue weighted by Gasteiger charge is -2.41. The highest BCUT2D eigenvalue weighted by Gasteiger charge is 2.46. The van der Waals surface area contributed by atoms with Gasteiger partial charge in [0.25, 0.3) is 0 Å². The largest absolute Gasteiger partial charge is 0.394 e. The number of fused-ring (bicyclic) bond motifs is 2. The number of morpholine rings is 1. The first-order chi connectivity index (χ1) is 8.75. The van der Waals surface area contributed by atoms with E-state index in [1.165, 1.54) is 25.7 Å². The summed E-state index contributed by atoms with van der Waals surface area (Å²) in [6, 6.07) is 0. The maximum atomic E-state index is 9.88. The van der Waals surface area contributed by atoms with E-state index in [1.807, 2.05) is 0 Å². The zero-order chi connectivity index (χ0) is 12.6. The third-order valence-electron chi connectivity index (χ3n) is 4.79. The van der Waals surface area contributed by atoms with E-state index < -0.39 is 0 Å². The molecule has 3 unspecified atom stereocenters. The van der Waals surface area contributed by atoms with Crippen molar-refractivity contribution in [2.24, 2.45) is 5.92 Å². The molecule has 0 aromatic rings. The number of hydrogen-bond acceptors (Lipinski definition) is 4. The standard InChI is InChI=1S/C14H26N2O2/c1-2-15-14(10-17,11-3-4-11)9-16-7-12-5-6-13(8-16)18-12/h11-13,15,17H,2-10H2,1H3. The summed E-state index contributed by atoms with van der Waals surface area (Å²) >= 11 is 0. The van der Waals surface area contributed by atoms with Gasteiger partial charge in [-0.2, -0.15) is 0 Å². The molecule has 0 spiro atoms. The smallest absolute Gasteiger partial charge is 0.0707 e. The maximum absolute atomic E-state index is 9.88. The van der Waals surface area contributed by atoms with Crippen LogP contribution in [0.5, 0.6) is 0 Å². The monoisotopic (exact) mass is 254 g/mol. The van der Waals surface area contributed by atoms with E-state index in [2.05, 4.69) is 17.1 Å². The Balaban J connectivity index is 1.64. The Morgan fingerprint density at radius 1 is 1.22 bits per heavy atom. The second-order valence-corrected chi connectivity index (χ2v) is 6.27. The molecule has 3 fully saturated rings. The second kappa shape index (κ2) is 5.08. The Hall–Kier alpha value is -0.160. The van der Waals surface area contributed by atoms with Crippen molar-refractivity contribution in [3.63, 3.8) is 0 Å². The third-order valence-corrected chi connectivity index (χ3v) is 4.79. The van der Waals surface area contributed by atoms with Crippen LogP contribution < -0.4 is 5.32 Å². The second-order valence-electron chi connectivity index (χ2n) is 6.27. The van der Waals surface area contributed by atoms with Crippen LogP contribution in [0, 0.1) is 5.92 Å². The lowest BCUT2D eigenvalue weighted by Crippen LogP contribution is -2.60. The van der Waals surface area contributed by atoms with Gasteiger partial charge in [0.2, 0.25) is 0 Å². The predicted molar refractivity (Wildman–Crippen MR) is 70.6 cm³/mol. The van der Waals surface area contributed by atoms with E-state index in [4.69, 9.17) is 4.74 Å². The topological polar surface area (TPSA) is 44.7 Å². The van der Waals surface area contributed by atoms with Crippen LogP contribution in [0.1, 0.15) is 32.6 Å². The normalized spacial score (nSPS) is 35.7. The van der Waals surface area contributed by atoms with Crippen LogP contribution in [0.2, 0.25) is 0 Å². The van der Waals surface area contributed by atoms with Gasteiger partial charge >= 0.3 is 0 Å². The zero-order valence-electron chi connectivity index (χ0n) is 11.4. The molecule has 0 aromatic heterocycles. The van der Waals surface area contributed by atoms with Crippen LogP contribution in [0.3, 0.4) is 0 Å². The van der Waals surface area contributed by atoms with E-state index in [-0.39, 0.29) is 12.1 Å². The molecule has 3 aliphatic rings. The molecule has 1 aliphatic carbocycles. The maximum Gasteiger partial charge on any atom is 0.0707 e. The van der Waals surface area contributed by atoms with Crippen molar-refractivity contribution in [3.8, 4) is 0 Å². The third kappa shape index (κ3) is 2.44. The average molecular weight is 254 g/mol. The molecule has 18 heavy (non-hydrogen) atoms. The first-order valence-corrected chi connectivity index (χ1v) is 7.49. The lowest BCUT2D eigenvalue weighted by atomic mass is 9.92. The van der Waals surface area contributed by atoms with Crippen LogP contribution >= 0.6 is 0 Å². The summed E-state index contributed by atoms with van der Waals surface area (Å²) in [5.41, 5.74) is -0.0640. The molecule has 0 amide bonds. The minimum atomic E-state index is -0.0640. The molecule has 2 aliphatic heterocycles. The first-order valence-electron chi connectivity index (χ1n) is 7.49. The van der Waals surface area contributed by atoms with Gasteiger partial charge in [-0.05, 0) is 38.1 Å². The average Bonchev–Trinajstić information content (AvgIpc) is 3.16. The molecule has 3 rings (SSSR count). The SMILES string of the molecule is CCNC(CO)(CN1CC2CCC(C1)O2)C1CC1. The Morgan fingerprint density at radius 3 is 2.39 bits per heavy atom. The predicted octanol–water partition coefficient (Wildman–Crippen LogP) is 0.600. The molecule has 2 N–H and O–H groups in total. The summed E-state index contributed by atoms with van der Waals surface area (Å²) in [5, 5.41) is 13.4. The van der Waals surface area contributed by atoms with Crippen molar-refractivity contribution in [1.29, 1.82) is 0 Å². The summed E-state index contributed by atoms with van der Waals surface area (Å²) in [7, 11) is 0. The summed E-state index contributed by atoms with van der Waals surface area (Å²) < 4.78 is 5.89. The number of aliphatic hydroxyl groups is 1. The van der Waals surface area contributed by atoms with Gasteiger partial charge in [-0.1, -0.05) is 6.92 Å². The molecule has 0 aromatic carbocycles. The number of rotatable bonds is 6. The van der Waals surface area contributed by atoms with Gasteiger partial charge in [-0.25, -0.2) is 0 Å². The van der Waals surface area contributed by atoms with Gasteiger partial charge in [0.05, 0.1) is 24.4 Å². The summed E-state index contributed by atoms with van der Waals surface area (Å²) in [6.07, 6.45) is 5.87. The minimum absolute atomic E-state index is 0.0640. The van der Waals surface area contributed by atoms with Crippen molar-refractivity contribution in [3.05, 3.63) is 0 Å². The fourth-order valence-electron chi connectivity index (χ4n) is 3.78. The minimum Gasteiger partial charge on any atom is -0.394 e. The molecule has 1 saturated carbocycles. The molecule has 104 valence electrons. The van der Waals surface area contributed by atoms with Gasteiger partial charge in [0.1, 0.15) is 0 Å². The van der Waals surface area contributed by atoms with E-state index in [0.29, 0.717) is 18.1 Å². The zero-order valence-corrected chi connectivity index (χ0v) is 11.4. The highest BCUT2D eigenvalue weighted by Crippen LogP contribution is 2.40. The molecule has 4 heteroatoms. The van der Waals surface area contributed by atoms with E-state index >= 15 is 0 Å². The van der Waals surface area contributed by atoms with Gasteiger partial charge < -0.3 is 15.2 Å². The fraction of sp³-hybridized carbons (Fsp3) is 1.00. The van der Waals surface area contributed by atoms with Crippen molar-refractivity contribution < 1.29 is 9.84 Å². The Labute approximate surface area is 110 Å². The van der Waals surface area contributed by atoms with Crippen LogP contribution in [-0.2, 0) is 4.74 Å². The van der Waals surface area contributed by atoms with E-state index in [9.17, 15) is 5.11 Å². The molecule has 2 saturated heterocycles. The fourth-order valence-corrected chi connectivity index (χ4v) is 3.78. The first kappa shape index (κ1) is 12.9. The number of aliphatic hydroxyl groups excluding tert-OH is 1. The number of nitrogens with zero attached hydrogens (tertiary/aromatic N) is 1. The number of likely N-dealkylation sites (tertiary alicyclic amines) is 1. The van der Waals surface area contributed by atoms with E-state index in [1.54, 1.807) is 0 Å². The highest BCUT2D eigenvalue weighted by molar-refractivity contribution is 5.03. The Morgan fingerprint density at radius 2 is 1.89 bits per heavy atom.